The summed E-state index contributed by atoms with van der Waals surface area (Å²) in [6.07, 6.45) is 2.72. The summed E-state index contributed by atoms with van der Waals surface area (Å²) in [6, 6.07) is 8.83. The third kappa shape index (κ3) is 4.54. The Labute approximate surface area is 169 Å². The molecule has 1 aromatic carbocycles. The summed E-state index contributed by atoms with van der Waals surface area (Å²) in [6.45, 7) is 5.09. The van der Waals surface area contributed by atoms with Gasteiger partial charge in [0.25, 0.3) is 11.5 Å². The van der Waals surface area contributed by atoms with Crippen LogP contribution in [-0.2, 0) is 11.2 Å². The molecule has 0 aliphatic carbocycles. The molecular formula is C22H24N4O3. The van der Waals surface area contributed by atoms with E-state index in [1.54, 1.807) is 38.1 Å². The first-order valence-electron chi connectivity index (χ1n) is 9.72. The number of nitrogens with zero attached hydrogens (tertiary/aromatic N) is 2. The highest BCUT2D eigenvalue weighted by Gasteiger charge is 2.19. The van der Waals surface area contributed by atoms with Crippen LogP contribution in [0.25, 0.3) is 0 Å². The molecule has 0 saturated carbocycles. The van der Waals surface area contributed by atoms with Crippen molar-refractivity contribution in [3.8, 4) is 6.07 Å². The van der Waals surface area contributed by atoms with Gasteiger partial charge in [0.2, 0.25) is 5.91 Å². The maximum absolute atomic E-state index is 12.4. The zero-order valence-electron chi connectivity index (χ0n) is 16.7. The molecule has 1 aliphatic rings. The van der Waals surface area contributed by atoms with Gasteiger partial charge in [-0.05, 0) is 68.5 Å². The fourth-order valence-corrected chi connectivity index (χ4v) is 3.68. The molecule has 2 aromatic rings. The molecule has 0 unspecified atom stereocenters. The van der Waals surface area contributed by atoms with E-state index in [0.29, 0.717) is 28.9 Å². The summed E-state index contributed by atoms with van der Waals surface area (Å²) in [5, 5.41) is 12.0. The lowest BCUT2D eigenvalue weighted by atomic mass is 9.99. The third-order valence-electron chi connectivity index (χ3n) is 5.33. The molecule has 3 rings (SSSR count). The number of aromatic nitrogens is 1. The van der Waals surface area contributed by atoms with Gasteiger partial charge in [-0.3, -0.25) is 14.4 Å². The first-order chi connectivity index (χ1) is 13.9. The van der Waals surface area contributed by atoms with Gasteiger partial charge in [-0.25, -0.2) is 0 Å². The molecule has 29 heavy (non-hydrogen) atoms. The highest BCUT2D eigenvalue weighted by molar-refractivity contribution is 5.96. The summed E-state index contributed by atoms with van der Waals surface area (Å²) in [5.41, 5.74) is 3.02. The maximum atomic E-state index is 12.4. The van der Waals surface area contributed by atoms with E-state index in [2.05, 4.69) is 10.3 Å². The molecule has 2 amide bonds. The molecule has 150 valence electrons. The Balaban J connectivity index is 1.61. The summed E-state index contributed by atoms with van der Waals surface area (Å²) < 4.78 is 0. The molecule has 7 heteroatoms. The zero-order chi connectivity index (χ0) is 21.0. The number of nitriles is 1. The van der Waals surface area contributed by atoms with Crippen molar-refractivity contribution in [1.82, 2.24) is 9.88 Å². The fraction of sp³-hybridized carbons (Fsp3) is 0.364. The topological polar surface area (TPSA) is 106 Å². The van der Waals surface area contributed by atoms with E-state index >= 15 is 0 Å². The number of likely N-dealkylation sites (tertiary alicyclic amines) is 1. The smallest absolute Gasteiger partial charge is 0.266 e. The van der Waals surface area contributed by atoms with E-state index in [4.69, 9.17) is 5.26 Å². The first-order valence-corrected chi connectivity index (χ1v) is 9.72. The lowest BCUT2D eigenvalue weighted by Crippen LogP contribution is -2.27. The molecule has 0 bridgehead atoms. The molecule has 0 atom stereocenters. The van der Waals surface area contributed by atoms with Gasteiger partial charge >= 0.3 is 0 Å². The number of hydrogen-bond donors (Lipinski definition) is 2. The van der Waals surface area contributed by atoms with Crippen LogP contribution in [0.4, 0.5) is 5.69 Å². The van der Waals surface area contributed by atoms with Gasteiger partial charge in [0.15, 0.2) is 0 Å². The minimum absolute atomic E-state index is 0.0256. The molecule has 2 heterocycles. The summed E-state index contributed by atoms with van der Waals surface area (Å²) in [5.74, 6) is -0.148. The van der Waals surface area contributed by atoms with Gasteiger partial charge < -0.3 is 15.2 Å². The molecule has 1 fully saturated rings. The van der Waals surface area contributed by atoms with Gasteiger partial charge in [0.05, 0.1) is 0 Å². The molecule has 0 radical (unpaired) electrons. The number of amides is 2. The second-order valence-electron chi connectivity index (χ2n) is 7.29. The van der Waals surface area contributed by atoms with Crippen LogP contribution in [-0.4, -0.2) is 34.8 Å². The van der Waals surface area contributed by atoms with Crippen molar-refractivity contribution in [2.45, 2.75) is 39.5 Å². The van der Waals surface area contributed by atoms with Gasteiger partial charge in [-0.2, -0.15) is 5.26 Å². The second-order valence-corrected chi connectivity index (χ2v) is 7.29. The van der Waals surface area contributed by atoms with Crippen LogP contribution in [0.3, 0.4) is 0 Å². The van der Waals surface area contributed by atoms with Crippen LogP contribution in [0.1, 0.15) is 52.0 Å². The van der Waals surface area contributed by atoms with Crippen LogP contribution in [0.2, 0.25) is 0 Å². The van der Waals surface area contributed by atoms with Crippen molar-refractivity contribution in [2.75, 3.05) is 18.4 Å². The van der Waals surface area contributed by atoms with Crippen molar-refractivity contribution < 1.29 is 9.59 Å². The number of aromatic amines is 1. The Hall–Kier alpha value is -3.40. The van der Waals surface area contributed by atoms with Crippen molar-refractivity contribution in [3.63, 3.8) is 0 Å². The van der Waals surface area contributed by atoms with Crippen molar-refractivity contribution in [3.05, 3.63) is 62.6 Å². The highest BCUT2D eigenvalue weighted by atomic mass is 16.2. The van der Waals surface area contributed by atoms with E-state index < -0.39 is 5.56 Å². The molecule has 2 N–H and O–H groups in total. The van der Waals surface area contributed by atoms with Crippen molar-refractivity contribution >= 4 is 17.5 Å². The lowest BCUT2D eigenvalue weighted by Gasteiger charge is -2.15. The lowest BCUT2D eigenvalue weighted by molar-refractivity contribution is -0.116. The predicted molar refractivity (Wildman–Crippen MR) is 110 cm³/mol. The SMILES string of the molecule is Cc1[nH]c(=O)c(C#N)c(C)c1CCC(=O)Nc1ccc(C(=O)N2CCCC2)cc1. The minimum Gasteiger partial charge on any atom is -0.339 e. The summed E-state index contributed by atoms with van der Waals surface area (Å²) >= 11 is 0. The quantitative estimate of drug-likeness (QED) is 0.816. The normalized spacial score (nSPS) is 13.2. The van der Waals surface area contributed by atoms with E-state index in [1.807, 2.05) is 11.0 Å². The van der Waals surface area contributed by atoms with Crippen LogP contribution < -0.4 is 10.9 Å². The molecule has 0 spiro atoms. The summed E-state index contributed by atoms with van der Waals surface area (Å²) in [7, 11) is 0. The minimum atomic E-state index is -0.403. The van der Waals surface area contributed by atoms with Crippen molar-refractivity contribution in [1.29, 1.82) is 5.26 Å². The van der Waals surface area contributed by atoms with Crippen LogP contribution in [0, 0.1) is 25.2 Å². The number of hydrogen-bond acceptors (Lipinski definition) is 4. The number of nitrogens with one attached hydrogen (secondary N) is 2. The number of benzene rings is 1. The monoisotopic (exact) mass is 392 g/mol. The number of H-pyrrole nitrogens is 1. The first kappa shape index (κ1) is 20.3. The van der Waals surface area contributed by atoms with E-state index in [0.717, 1.165) is 31.5 Å². The third-order valence-corrected chi connectivity index (χ3v) is 5.33. The largest absolute Gasteiger partial charge is 0.339 e. The average molecular weight is 392 g/mol. The Kier molecular flexibility index (Phi) is 6.13. The fourth-order valence-electron chi connectivity index (χ4n) is 3.68. The predicted octanol–water partition coefficient (Wildman–Crippen LogP) is 2.67. The Bertz CT molecular complexity index is 1030. The van der Waals surface area contributed by atoms with E-state index in [-0.39, 0.29) is 23.8 Å². The molecule has 1 aromatic heterocycles. The Morgan fingerprint density at radius 1 is 1.17 bits per heavy atom. The van der Waals surface area contributed by atoms with Gasteiger partial charge in [-0.15, -0.1) is 0 Å². The second kappa shape index (κ2) is 8.74. The van der Waals surface area contributed by atoms with Crippen LogP contribution >= 0.6 is 0 Å². The maximum Gasteiger partial charge on any atom is 0.266 e. The number of carbonyl (C=O) groups is 2. The molecule has 1 aliphatic heterocycles. The van der Waals surface area contributed by atoms with Gasteiger partial charge in [-0.1, -0.05) is 0 Å². The molecular weight excluding hydrogens is 368 g/mol. The summed E-state index contributed by atoms with van der Waals surface area (Å²) in [4.78, 5) is 41.0. The Morgan fingerprint density at radius 2 is 1.83 bits per heavy atom. The zero-order valence-corrected chi connectivity index (χ0v) is 16.7. The molecule has 7 nitrogen and oxygen atoms in total. The Morgan fingerprint density at radius 3 is 2.45 bits per heavy atom. The van der Waals surface area contributed by atoms with Crippen LogP contribution in [0.5, 0.6) is 0 Å². The van der Waals surface area contributed by atoms with Gasteiger partial charge in [0.1, 0.15) is 11.6 Å². The van der Waals surface area contributed by atoms with E-state index in [1.165, 1.54) is 0 Å². The number of carbonyl (C=O) groups excluding carboxylic acids is 2. The van der Waals surface area contributed by atoms with E-state index in [9.17, 15) is 14.4 Å². The number of pyridine rings is 1. The molecule has 1 saturated heterocycles. The highest BCUT2D eigenvalue weighted by Crippen LogP contribution is 2.17. The number of anilines is 1. The number of rotatable bonds is 5. The van der Waals surface area contributed by atoms with Crippen LogP contribution in [0.15, 0.2) is 29.1 Å². The standard InChI is InChI=1S/C22H24N4O3/c1-14-18(15(2)24-21(28)19(14)13-23)9-10-20(27)25-17-7-5-16(6-8-17)22(29)26-11-3-4-12-26/h5-8H,3-4,9-12H2,1-2H3,(H,24,28)(H,25,27). The van der Waals surface area contributed by atoms with Gasteiger partial charge in [0, 0.05) is 36.5 Å². The average Bonchev–Trinajstić information content (AvgIpc) is 3.22. The number of aryl methyl sites for hydroxylation is 1. The van der Waals surface area contributed by atoms with Crippen molar-refractivity contribution in [2.24, 2.45) is 0 Å².